The summed E-state index contributed by atoms with van der Waals surface area (Å²) < 4.78 is 67.5. The van der Waals surface area contributed by atoms with Gasteiger partial charge >= 0.3 is 11.9 Å². The number of hydrogen-bond acceptors (Lipinski definition) is 8. The molecule has 0 aliphatic heterocycles. The molecular weight excluding hydrogens is 494 g/mol. The predicted octanol–water partition coefficient (Wildman–Crippen LogP) is 1.54. The van der Waals surface area contributed by atoms with Gasteiger partial charge in [0.05, 0.1) is 12.3 Å². The van der Waals surface area contributed by atoms with Crippen molar-refractivity contribution in [3.63, 3.8) is 0 Å². The molecule has 3 rings (SSSR count). The monoisotopic (exact) mass is 517 g/mol. The number of nitrogens with one attached hydrogen (secondary N) is 1. The number of aliphatic hydroxyl groups is 1. The number of aliphatic hydroxyl groups excluding tert-OH is 1. The second-order valence-electron chi connectivity index (χ2n) is 7.51. The number of amides is 1. The van der Waals surface area contributed by atoms with Gasteiger partial charge in [-0.3, -0.25) is 14.0 Å². The van der Waals surface area contributed by atoms with E-state index in [4.69, 9.17) is 9.47 Å². The molecule has 0 bridgehead atoms. The van der Waals surface area contributed by atoms with E-state index in [1.165, 1.54) is 18.0 Å². The van der Waals surface area contributed by atoms with Gasteiger partial charge in [-0.05, 0) is 19.9 Å². The zero-order valence-corrected chi connectivity index (χ0v) is 19.6. The zero-order valence-electron chi connectivity index (χ0n) is 19.6. The summed E-state index contributed by atoms with van der Waals surface area (Å²) in [5, 5.41) is 19.7. The van der Waals surface area contributed by atoms with Crippen LogP contribution in [-0.4, -0.2) is 59.5 Å². The average molecular weight is 517 g/mol. The molecule has 1 atom stereocenters. The van der Waals surface area contributed by atoms with Gasteiger partial charge in [0.2, 0.25) is 5.88 Å². The lowest BCUT2D eigenvalue weighted by molar-refractivity contribution is -0.190. The van der Waals surface area contributed by atoms with Gasteiger partial charge in [-0.15, -0.1) is 5.10 Å². The van der Waals surface area contributed by atoms with Crippen LogP contribution < -0.4 is 15.7 Å². The Morgan fingerprint density at radius 1 is 1.31 bits per heavy atom. The van der Waals surface area contributed by atoms with E-state index in [2.05, 4.69) is 20.5 Å². The molecular formula is C20H23F4N7O5. The van der Waals surface area contributed by atoms with Crippen LogP contribution in [0.5, 0.6) is 5.88 Å². The molecule has 0 saturated carbocycles. The van der Waals surface area contributed by atoms with Crippen molar-refractivity contribution >= 4 is 11.6 Å². The van der Waals surface area contributed by atoms with Crippen molar-refractivity contribution in [1.29, 1.82) is 0 Å². The minimum Gasteiger partial charge on any atom is -0.464 e. The van der Waals surface area contributed by atoms with E-state index in [1.54, 1.807) is 14.0 Å². The largest absolute Gasteiger partial charge is 0.464 e. The average Bonchev–Trinajstić information content (AvgIpc) is 3.31. The van der Waals surface area contributed by atoms with Gasteiger partial charge < -0.3 is 19.9 Å². The number of alkyl halides is 3. The SMILES string of the molecule is CCn1c(CO)nn(-c2nc(O[C@@H](C)C(F)(F)F)c(C(=O)Nc3cn(C)nc3COC)cc2F)c1=O. The molecule has 1 amide bonds. The number of ether oxygens (including phenoxy) is 2. The number of carbonyl (C=O) groups excluding carboxylic acids is 1. The maximum atomic E-state index is 15.1. The number of aryl methyl sites for hydroxylation is 1. The maximum Gasteiger partial charge on any atom is 0.425 e. The Labute approximate surface area is 201 Å². The number of hydrogen-bond donors (Lipinski definition) is 2. The van der Waals surface area contributed by atoms with Crippen LogP contribution in [0.1, 0.15) is 35.7 Å². The van der Waals surface area contributed by atoms with Crippen molar-refractivity contribution < 1.29 is 36.9 Å². The molecule has 2 N–H and O–H groups in total. The number of aromatic nitrogens is 6. The van der Waals surface area contributed by atoms with Gasteiger partial charge in [0.1, 0.15) is 17.9 Å². The Balaban J connectivity index is 2.12. The van der Waals surface area contributed by atoms with Crippen LogP contribution in [0, 0.1) is 5.82 Å². The molecule has 12 nitrogen and oxygen atoms in total. The minimum absolute atomic E-state index is 0.00661. The topological polar surface area (TPSA) is 138 Å². The minimum atomic E-state index is -4.84. The molecule has 3 aromatic rings. The van der Waals surface area contributed by atoms with Crippen LogP contribution in [0.4, 0.5) is 23.2 Å². The third-order valence-corrected chi connectivity index (χ3v) is 4.95. The van der Waals surface area contributed by atoms with E-state index in [-0.39, 0.29) is 24.7 Å². The molecule has 16 heteroatoms. The molecule has 0 aliphatic rings. The summed E-state index contributed by atoms with van der Waals surface area (Å²) in [5.41, 5.74) is -1.11. The Morgan fingerprint density at radius 2 is 2.00 bits per heavy atom. The van der Waals surface area contributed by atoms with Crippen molar-refractivity contribution in [3.05, 3.63) is 45.6 Å². The molecule has 0 aliphatic carbocycles. The number of methoxy groups -OCH3 is 1. The van der Waals surface area contributed by atoms with Crippen molar-refractivity contribution in [2.75, 3.05) is 12.4 Å². The fourth-order valence-corrected chi connectivity index (χ4v) is 3.18. The molecule has 36 heavy (non-hydrogen) atoms. The Bertz CT molecular complexity index is 1310. The molecule has 0 radical (unpaired) electrons. The molecule has 0 aromatic carbocycles. The second-order valence-corrected chi connectivity index (χ2v) is 7.51. The van der Waals surface area contributed by atoms with Crippen molar-refractivity contribution in [3.8, 4) is 11.7 Å². The van der Waals surface area contributed by atoms with Crippen molar-refractivity contribution in [1.82, 2.24) is 29.1 Å². The third kappa shape index (κ3) is 5.38. The highest BCUT2D eigenvalue weighted by molar-refractivity contribution is 6.06. The van der Waals surface area contributed by atoms with Gasteiger partial charge in [-0.2, -0.15) is 27.9 Å². The summed E-state index contributed by atoms with van der Waals surface area (Å²) in [6, 6.07) is 0.582. The van der Waals surface area contributed by atoms with E-state index in [0.29, 0.717) is 23.4 Å². The zero-order chi connectivity index (χ0) is 26.8. The number of carbonyl (C=O) groups is 1. The Hall–Kier alpha value is -3.79. The third-order valence-electron chi connectivity index (χ3n) is 4.95. The molecule has 0 unspecified atom stereocenters. The first-order valence-electron chi connectivity index (χ1n) is 10.5. The van der Waals surface area contributed by atoms with Crippen molar-refractivity contribution in [2.24, 2.45) is 7.05 Å². The fourth-order valence-electron chi connectivity index (χ4n) is 3.18. The van der Waals surface area contributed by atoms with E-state index < -0.39 is 53.6 Å². The fraction of sp³-hybridized carbons (Fsp3) is 0.450. The van der Waals surface area contributed by atoms with Gasteiger partial charge in [-0.1, -0.05) is 0 Å². The molecule has 0 saturated heterocycles. The lowest BCUT2D eigenvalue weighted by Gasteiger charge is -2.19. The molecule has 196 valence electrons. The Kier molecular flexibility index (Phi) is 7.78. The van der Waals surface area contributed by atoms with Crippen LogP contribution in [0.15, 0.2) is 17.1 Å². The number of nitrogens with zero attached hydrogens (tertiary/aromatic N) is 6. The molecule has 3 aromatic heterocycles. The Morgan fingerprint density at radius 3 is 2.56 bits per heavy atom. The molecule has 3 heterocycles. The summed E-state index contributed by atoms with van der Waals surface area (Å²) in [5.74, 6) is -4.13. The van der Waals surface area contributed by atoms with E-state index in [9.17, 15) is 27.9 Å². The lowest BCUT2D eigenvalue weighted by atomic mass is 10.2. The van der Waals surface area contributed by atoms with Crippen LogP contribution in [0.2, 0.25) is 0 Å². The van der Waals surface area contributed by atoms with E-state index in [0.717, 1.165) is 4.57 Å². The van der Waals surface area contributed by atoms with Gasteiger partial charge in [0.25, 0.3) is 5.91 Å². The summed E-state index contributed by atoms with van der Waals surface area (Å²) >= 11 is 0. The van der Waals surface area contributed by atoms with Crippen LogP contribution in [-0.2, 0) is 31.5 Å². The number of pyridine rings is 1. The molecule has 0 spiro atoms. The van der Waals surface area contributed by atoms with Crippen LogP contribution in [0.25, 0.3) is 5.82 Å². The quantitative estimate of drug-likeness (QED) is 0.408. The highest BCUT2D eigenvalue weighted by atomic mass is 19.4. The van der Waals surface area contributed by atoms with Crippen LogP contribution in [0.3, 0.4) is 0 Å². The van der Waals surface area contributed by atoms with Gasteiger partial charge in [0, 0.05) is 26.9 Å². The first kappa shape index (κ1) is 26.8. The summed E-state index contributed by atoms with van der Waals surface area (Å²) in [6.07, 6.45) is -5.87. The van der Waals surface area contributed by atoms with Gasteiger partial charge in [0.15, 0.2) is 23.6 Å². The van der Waals surface area contributed by atoms with Crippen molar-refractivity contribution in [2.45, 2.75) is 45.9 Å². The highest BCUT2D eigenvalue weighted by Crippen LogP contribution is 2.29. The first-order chi connectivity index (χ1) is 16.9. The van der Waals surface area contributed by atoms with E-state index in [1.807, 2.05) is 0 Å². The number of halogens is 4. The maximum absolute atomic E-state index is 15.1. The normalized spacial score (nSPS) is 12.6. The predicted molar refractivity (Wildman–Crippen MR) is 115 cm³/mol. The summed E-state index contributed by atoms with van der Waals surface area (Å²) in [7, 11) is 2.96. The second kappa shape index (κ2) is 10.4. The summed E-state index contributed by atoms with van der Waals surface area (Å²) in [4.78, 5) is 29.3. The smallest absolute Gasteiger partial charge is 0.425 e. The lowest BCUT2D eigenvalue weighted by Crippen LogP contribution is -2.33. The number of anilines is 1. The van der Waals surface area contributed by atoms with Gasteiger partial charge in [-0.25, -0.2) is 9.18 Å². The standard InChI is InChI=1S/C20H23F4N7O5/c1-5-30-15(8-32)28-31(19(30)34)16-12(21)6-11(18(26-16)36-10(2)20(22,23)24)17(33)25-13-7-29(3)27-14(13)9-35-4/h6-7,10,32H,5,8-9H2,1-4H3,(H,25,33)/t10-/m0/s1. The summed E-state index contributed by atoms with van der Waals surface area (Å²) in [6.45, 7) is 1.65. The first-order valence-corrected chi connectivity index (χ1v) is 10.5. The van der Waals surface area contributed by atoms with Crippen LogP contribution >= 0.6 is 0 Å². The highest BCUT2D eigenvalue weighted by Gasteiger charge is 2.39. The van der Waals surface area contributed by atoms with E-state index >= 15 is 4.39 Å². The molecule has 0 fully saturated rings. The number of rotatable bonds is 9.